The summed E-state index contributed by atoms with van der Waals surface area (Å²) in [5, 5.41) is 0. The van der Waals surface area contributed by atoms with Gasteiger partial charge in [0.15, 0.2) is 6.29 Å². The van der Waals surface area contributed by atoms with Gasteiger partial charge in [-0.05, 0) is 50.9 Å². The number of hydrogen-bond donors (Lipinski definition) is 0. The second-order valence-electron chi connectivity index (χ2n) is 4.81. The summed E-state index contributed by atoms with van der Waals surface area (Å²) in [6.07, 6.45) is 9.31. The molecule has 2 fully saturated rings. The van der Waals surface area contributed by atoms with Crippen LogP contribution in [0, 0.1) is 5.92 Å². The Morgan fingerprint density at radius 3 is 2.43 bits per heavy atom. The van der Waals surface area contributed by atoms with Gasteiger partial charge in [-0.3, -0.25) is 0 Å². The van der Waals surface area contributed by atoms with Gasteiger partial charge in [0.1, 0.15) is 0 Å². The summed E-state index contributed by atoms with van der Waals surface area (Å²) in [6.45, 7) is 3.24. The van der Waals surface area contributed by atoms with E-state index in [1.54, 1.807) is 0 Å². The van der Waals surface area contributed by atoms with Gasteiger partial charge in [-0.25, -0.2) is 0 Å². The van der Waals surface area contributed by atoms with Crippen LogP contribution in [-0.2, 0) is 9.47 Å². The van der Waals surface area contributed by atoms with Crippen LogP contribution >= 0.6 is 0 Å². The molecule has 0 aromatic carbocycles. The Labute approximate surface area is 87.0 Å². The summed E-state index contributed by atoms with van der Waals surface area (Å²) < 4.78 is 11.5. The third-order valence-corrected chi connectivity index (χ3v) is 3.45. The Morgan fingerprint density at radius 1 is 1.00 bits per heavy atom. The maximum atomic E-state index is 5.96. The smallest absolute Gasteiger partial charge is 0.157 e. The van der Waals surface area contributed by atoms with Crippen LogP contribution in [-0.4, -0.2) is 19.0 Å². The third kappa shape index (κ3) is 2.96. The van der Waals surface area contributed by atoms with Crippen LogP contribution in [0.4, 0.5) is 0 Å². The molecule has 0 aromatic heterocycles. The van der Waals surface area contributed by atoms with Gasteiger partial charge in [0, 0.05) is 6.61 Å². The Bertz CT molecular complexity index is 156. The van der Waals surface area contributed by atoms with Crippen LogP contribution in [0.1, 0.15) is 51.9 Å². The van der Waals surface area contributed by atoms with Crippen molar-refractivity contribution in [3.05, 3.63) is 0 Å². The zero-order valence-electron chi connectivity index (χ0n) is 9.21. The van der Waals surface area contributed by atoms with Crippen molar-refractivity contribution in [2.75, 3.05) is 6.61 Å². The molecule has 0 radical (unpaired) electrons. The first kappa shape index (κ1) is 10.4. The van der Waals surface area contributed by atoms with Crippen molar-refractivity contribution < 1.29 is 9.47 Å². The van der Waals surface area contributed by atoms with Crippen molar-refractivity contribution in [1.82, 2.24) is 0 Å². The molecular formula is C12H22O2. The number of rotatable bonds is 2. The third-order valence-electron chi connectivity index (χ3n) is 3.45. The lowest BCUT2D eigenvalue weighted by Crippen LogP contribution is -2.30. The highest BCUT2D eigenvalue weighted by Gasteiger charge is 2.23. The molecule has 2 aliphatic rings. The molecule has 82 valence electrons. The van der Waals surface area contributed by atoms with Crippen LogP contribution in [0.25, 0.3) is 0 Å². The Balaban J connectivity index is 1.68. The first-order valence-electron chi connectivity index (χ1n) is 6.11. The lowest BCUT2D eigenvalue weighted by Gasteiger charge is -2.31. The van der Waals surface area contributed by atoms with Crippen molar-refractivity contribution in [3.63, 3.8) is 0 Å². The minimum absolute atomic E-state index is 0.113. The molecule has 2 nitrogen and oxygen atoms in total. The normalized spacial score (nSPS) is 39.6. The fourth-order valence-electron chi connectivity index (χ4n) is 2.40. The molecule has 0 amide bonds. The fourth-order valence-corrected chi connectivity index (χ4v) is 2.40. The van der Waals surface area contributed by atoms with Crippen molar-refractivity contribution in [1.29, 1.82) is 0 Å². The average molecular weight is 198 g/mol. The van der Waals surface area contributed by atoms with Crippen LogP contribution < -0.4 is 0 Å². The van der Waals surface area contributed by atoms with E-state index in [0.717, 1.165) is 18.9 Å². The molecule has 1 aliphatic carbocycles. The van der Waals surface area contributed by atoms with E-state index < -0.39 is 0 Å². The van der Waals surface area contributed by atoms with E-state index in [1.165, 1.54) is 38.5 Å². The molecule has 2 rings (SSSR count). The summed E-state index contributed by atoms with van der Waals surface area (Å²) in [7, 11) is 0. The monoisotopic (exact) mass is 198 g/mol. The van der Waals surface area contributed by atoms with Gasteiger partial charge >= 0.3 is 0 Å². The van der Waals surface area contributed by atoms with Crippen molar-refractivity contribution in [2.24, 2.45) is 5.92 Å². The Hall–Kier alpha value is -0.0800. The topological polar surface area (TPSA) is 18.5 Å². The summed E-state index contributed by atoms with van der Waals surface area (Å²) in [5.41, 5.74) is 0. The summed E-state index contributed by atoms with van der Waals surface area (Å²) in [4.78, 5) is 0. The predicted molar refractivity (Wildman–Crippen MR) is 56.1 cm³/mol. The lowest BCUT2D eigenvalue weighted by atomic mass is 9.89. The average Bonchev–Trinajstić information content (AvgIpc) is 2.23. The van der Waals surface area contributed by atoms with Crippen LogP contribution in [0.5, 0.6) is 0 Å². The summed E-state index contributed by atoms with van der Waals surface area (Å²) in [6, 6.07) is 0. The van der Waals surface area contributed by atoms with E-state index in [2.05, 4.69) is 6.92 Å². The molecular weight excluding hydrogens is 176 g/mol. The Kier molecular flexibility index (Phi) is 3.82. The highest BCUT2D eigenvalue weighted by molar-refractivity contribution is 4.71. The second-order valence-corrected chi connectivity index (χ2v) is 4.81. The van der Waals surface area contributed by atoms with E-state index in [-0.39, 0.29) is 6.29 Å². The van der Waals surface area contributed by atoms with Crippen molar-refractivity contribution >= 4 is 0 Å². The van der Waals surface area contributed by atoms with Gasteiger partial charge in [0.25, 0.3) is 0 Å². The fraction of sp³-hybridized carbons (Fsp3) is 1.00. The standard InChI is InChI=1S/C12H22O2/c1-10-5-7-11(8-6-10)14-12-4-2-3-9-13-12/h10-12H,2-9H2,1H3. The molecule has 14 heavy (non-hydrogen) atoms. The maximum Gasteiger partial charge on any atom is 0.157 e. The molecule has 0 spiro atoms. The highest BCUT2D eigenvalue weighted by Crippen LogP contribution is 2.27. The molecule has 1 aliphatic heterocycles. The molecule has 1 heterocycles. The van der Waals surface area contributed by atoms with Gasteiger partial charge in [-0.15, -0.1) is 0 Å². The molecule has 0 aromatic rings. The van der Waals surface area contributed by atoms with Gasteiger partial charge in [-0.2, -0.15) is 0 Å². The molecule has 1 atom stereocenters. The first-order chi connectivity index (χ1) is 6.84. The van der Waals surface area contributed by atoms with E-state index >= 15 is 0 Å². The largest absolute Gasteiger partial charge is 0.353 e. The SMILES string of the molecule is CC1CCC(OC2CCCCO2)CC1. The lowest BCUT2D eigenvalue weighted by molar-refractivity contribution is -0.194. The van der Waals surface area contributed by atoms with Crippen molar-refractivity contribution in [3.8, 4) is 0 Å². The van der Waals surface area contributed by atoms with Gasteiger partial charge in [0.05, 0.1) is 6.10 Å². The molecule has 1 saturated heterocycles. The van der Waals surface area contributed by atoms with E-state index in [1.807, 2.05) is 0 Å². The van der Waals surface area contributed by atoms with Crippen LogP contribution in [0.2, 0.25) is 0 Å². The predicted octanol–water partition coefficient (Wildman–Crippen LogP) is 3.11. The van der Waals surface area contributed by atoms with Crippen molar-refractivity contribution in [2.45, 2.75) is 64.3 Å². The quantitative estimate of drug-likeness (QED) is 0.678. The van der Waals surface area contributed by atoms with E-state index in [4.69, 9.17) is 9.47 Å². The number of hydrogen-bond acceptors (Lipinski definition) is 2. The highest BCUT2D eigenvalue weighted by atomic mass is 16.7. The molecule has 0 bridgehead atoms. The van der Waals surface area contributed by atoms with Gasteiger partial charge < -0.3 is 9.47 Å². The van der Waals surface area contributed by atoms with E-state index in [9.17, 15) is 0 Å². The zero-order chi connectivity index (χ0) is 9.80. The molecule has 2 heteroatoms. The summed E-state index contributed by atoms with van der Waals surface area (Å²) in [5.74, 6) is 0.905. The number of ether oxygens (including phenoxy) is 2. The first-order valence-corrected chi connectivity index (χ1v) is 6.11. The van der Waals surface area contributed by atoms with Gasteiger partial charge in [-0.1, -0.05) is 6.92 Å². The van der Waals surface area contributed by atoms with Crippen LogP contribution in [0.15, 0.2) is 0 Å². The second kappa shape index (κ2) is 5.13. The molecule has 1 unspecified atom stereocenters. The Morgan fingerprint density at radius 2 is 1.79 bits per heavy atom. The zero-order valence-corrected chi connectivity index (χ0v) is 9.21. The minimum atomic E-state index is 0.113. The molecule has 1 saturated carbocycles. The van der Waals surface area contributed by atoms with Gasteiger partial charge in [0.2, 0.25) is 0 Å². The van der Waals surface area contributed by atoms with Crippen LogP contribution in [0.3, 0.4) is 0 Å². The molecule has 0 N–H and O–H groups in total. The minimum Gasteiger partial charge on any atom is -0.353 e. The van der Waals surface area contributed by atoms with E-state index in [0.29, 0.717) is 6.10 Å². The maximum absolute atomic E-state index is 5.96. The summed E-state index contributed by atoms with van der Waals surface area (Å²) >= 11 is 0.